The summed E-state index contributed by atoms with van der Waals surface area (Å²) in [5, 5.41) is 3.20. The molecule has 0 aromatic rings. The fourth-order valence-electron chi connectivity index (χ4n) is 2.78. The Morgan fingerprint density at radius 3 is 2.74 bits per heavy atom. The van der Waals surface area contributed by atoms with Crippen LogP contribution in [0.25, 0.3) is 0 Å². The molecule has 2 heterocycles. The van der Waals surface area contributed by atoms with E-state index in [2.05, 4.69) is 5.32 Å². The summed E-state index contributed by atoms with van der Waals surface area (Å²) in [4.78, 5) is 26.0. The topological polar surface area (TPSA) is 58.6 Å². The number of esters is 1. The first kappa shape index (κ1) is 14.3. The molecule has 0 aromatic carbocycles. The van der Waals surface area contributed by atoms with Gasteiger partial charge < -0.3 is 15.0 Å². The van der Waals surface area contributed by atoms with Crippen LogP contribution in [0.5, 0.6) is 0 Å². The highest BCUT2D eigenvalue weighted by atomic mass is 16.5. The molecule has 2 aliphatic rings. The van der Waals surface area contributed by atoms with Crippen LogP contribution in [-0.2, 0) is 14.3 Å². The summed E-state index contributed by atoms with van der Waals surface area (Å²) in [6.07, 6.45) is 1.73. The van der Waals surface area contributed by atoms with Crippen molar-refractivity contribution in [2.24, 2.45) is 17.8 Å². The largest absolute Gasteiger partial charge is 0.466 e. The molecule has 2 rings (SSSR count). The minimum absolute atomic E-state index is 0.0576. The van der Waals surface area contributed by atoms with Crippen LogP contribution in [0.1, 0.15) is 26.7 Å². The Labute approximate surface area is 114 Å². The lowest BCUT2D eigenvalue weighted by Gasteiger charge is -2.38. The number of nitrogens with zero attached hydrogens (tertiary/aromatic N) is 1. The van der Waals surface area contributed by atoms with Crippen LogP contribution >= 0.6 is 0 Å². The predicted octanol–water partition coefficient (Wildman–Crippen LogP) is 0.644. The fourth-order valence-corrected chi connectivity index (χ4v) is 2.78. The van der Waals surface area contributed by atoms with Crippen molar-refractivity contribution in [3.63, 3.8) is 0 Å². The summed E-state index contributed by atoms with van der Waals surface area (Å²) < 4.78 is 5.06. The van der Waals surface area contributed by atoms with E-state index in [1.165, 1.54) is 0 Å². The van der Waals surface area contributed by atoms with Crippen LogP contribution in [0.2, 0.25) is 0 Å². The molecular formula is C14H24N2O3. The molecule has 2 atom stereocenters. The molecule has 1 amide bonds. The number of ether oxygens (including phenoxy) is 1. The molecule has 1 N–H and O–H groups in total. The Morgan fingerprint density at radius 1 is 1.42 bits per heavy atom. The van der Waals surface area contributed by atoms with E-state index in [0.717, 1.165) is 32.5 Å². The monoisotopic (exact) mass is 268 g/mol. The smallest absolute Gasteiger partial charge is 0.310 e. The van der Waals surface area contributed by atoms with Crippen molar-refractivity contribution in [1.82, 2.24) is 10.2 Å². The second-order valence-electron chi connectivity index (χ2n) is 5.58. The molecule has 2 unspecified atom stereocenters. The van der Waals surface area contributed by atoms with E-state index in [1.54, 1.807) is 0 Å². The fraction of sp³-hybridized carbons (Fsp3) is 0.857. The molecule has 0 aliphatic carbocycles. The molecule has 5 nitrogen and oxygen atoms in total. The van der Waals surface area contributed by atoms with Crippen molar-refractivity contribution < 1.29 is 14.3 Å². The first-order valence-corrected chi connectivity index (χ1v) is 7.29. The third-order valence-corrected chi connectivity index (χ3v) is 4.26. The zero-order chi connectivity index (χ0) is 13.8. The van der Waals surface area contributed by atoms with Crippen LogP contribution < -0.4 is 5.32 Å². The minimum atomic E-state index is -0.155. The molecule has 0 saturated carbocycles. The van der Waals surface area contributed by atoms with Gasteiger partial charge in [-0.2, -0.15) is 0 Å². The van der Waals surface area contributed by atoms with Gasteiger partial charge in [0.1, 0.15) is 0 Å². The van der Waals surface area contributed by atoms with Crippen molar-refractivity contribution in [2.75, 3.05) is 32.8 Å². The molecule has 2 saturated heterocycles. The van der Waals surface area contributed by atoms with Gasteiger partial charge in [-0.15, -0.1) is 0 Å². The number of rotatable bonds is 4. The summed E-state index contributed by atoms with van der Waals surface area (Å²) in [6, 6.07) is 0. The SMILES string of the molecule is CCOC(=O)C1CCCN(C(=O)C(C)C2CNC2)C1. The average Bonchev–Trinajstić information content (AvgIpc) is 2.36. The highest BCUT2D eigenvalue weighted by Gasteiger charge is 2.35. The van der Waals surface area contributed by atoms with Crippen LogP contribution in [0.15, 0.2) is 0 Å². The third-order valence-electron chi connectivity index (χ3n) is 4.26. The Kier molecular flexibility index (Phi) is 4.80. The van der Waals surface area contributed by atoms with Crippen molar-refractivity contribution in [3.8, 4) is 0 Å². The van der Waals surface area contributed by atoms with Gasteiger partial charge in [-0.25, -0.2) is 0 Å². The molecule has 2 fully saturated rings. The lowest BCUT2D eigenvalue weighted by Crippen LogP contribution is -2.52. The molecule has 0 radical (unpaired) electrons. The first-order valence-electron chi connectivity index (χ1n) is 7.29. The van der Waals surface area contributed by atoms with Crippen LogP contribution in [0, 0.1) is 17.8 Å². The van der Waals surface area contributed by atoms with Gasteiger partial charge in [0.15, 0.2) is 0 Å². The summed E-state index contributed by atoms with van der Waals surface area (Å²) in [5.74, 6) is 0.417. The summed E-state index contributed by atoms with van der Waals surface area (Å²) in [7, 11) is 0. The van der Waals surface area contributed by atoms with Crippen LogP contribution in [0.4, 0.5) is 0 Å². The lowest BCUT2D eigenvalue weighted by atomic mass is 9.87. The van der Waals surface area contributed by atoms with E-state index in [1.807, 2.05) is 18.7 Å². The van der Waals surface area contributed by atoms with E-state index < -0.39 is 0 Å². The standard InChI is InChI=1S/C14H24N2O3/c1-3-19-14(18)11-5-4-6-16(9-11)13(17)10(2)12-7-15-8-12/h10-12,15H,3-9H2,1-2H3. The van der Waals surface area contributed by atoms with E-state index >= 15 is 0 Å². The molecule has 108 valence electrons. The quantitative estimate of drug-likeness (QED) is 0.760. The Hall–Kier alpha value is -1.10. The Morgan fingerprint density at radius 2 is 2.16 bits per heavy atom. The first-order chi connectivity index (χ1) is 9.13. The zero-order valence-electron chi connectivity index (χ0n) is 11.9. The number of piperidine rings is 1. The van der Waals surface area contributed by atoms with Gasteiger partial charge in [-0.05, 0) is 38.8 Å². The van der Waals surface area contributed by atoms with Crippen LogP contribution in [0.3, 0.4) is 0 Å². The molecule has 19 heavy (non-hydrogen) atoms. The molecule has 5 heteroatoms. The van der Waals surface area contributed by atoms with Gasteiger partial charge in [-0.3, -0.25) is 9.59 Å². The predicted molar refractivity (Wildman–Crippen MR) is 71.5 cm³/mol. The van der Waals surface area contributed by atoms with E-state index in [0.29, 0.717) is 19.1 Å². The molecule has 2 aliphatic heterocycles. The maximum atomic E-state index is 12.4. The van der Waals surface area contributed by atoms with E-state index in [4.69, 9.17) is 4.74 Å². The third kappa shape index (κ3) is 3.26. The molecule has 0 bridgehead atoms. The molecule has 0 aromatic heterocycles. The number of likely N-dealkylation sites (tertiary alicyclic amines) is 1. The highest BCUT2D eigenvalue weighted by Crippen LogP contribution is 2.23. The van der Waals surface area contributed by atoms with Crippen molar-refractivity contribution in [3.05, 3.63) is 0 Å². The lowest BCUT2D eigenvalue weighted by molar-refractivity contribution is -0.152. The maximum Gasteiger partial charge on any atom is 0.310 e. The second kappa shape index (κ2) is 6.37. The summed E-state index contributed by atoms with van der Waals surface area (Å²) in [5.41, 5.74) is 0. The highest BCUT2D eigenvalue weighted by molar-refractivity contribution is 5.80. The number of nitrogens with one attached hydrogen (secondary N) is 1. The summed E-state index contributed by atoms with van der Waals surface area (Å²) >= 11 is 0. The second-order valence-corrected chi connectivity index (χ2v) is 5.58. The Balaban J connectivity index is 1.89. The number of carbonyl (C=O) groups is 2. The van der Waals surface area contributed by atoms with Gasteiger partial charge in [0.2, 0.25) is 5.91 Å². The average molecular weight is 268 g/mol. The number of hydrogen-bond acceptors (Lipinski definition) is 4. The normalized spacial score (nSPS) is 25.6. The van der Waals surface area contributed by atoms with Crippen molar-refractivity contribution in [1.29, 1.82) is 0 Å². The Bertz CT molecular complexity index is 342. The van der Waals surface area contributed by atoms with Crippen molar-refractivity contribution >= 4 is 11.9 Å². The minimum Gasteiger partial charge on any atom is -0.466 e. The van der Waals surface area contributed by atoms with Crippen LogP contribution in [-0.4, -0.2) is 49.6 Å². The van der Waals surface area contributed by atoms with Crippen molar-refractivity contribution in [2.45, 2.75) is 26.7 Å². The van der Waals surface area contributed by atoms with E-state index in [9.17, 15) is 9.59 Å². The van der Waals surface area contributed by atoms with Gasteiger partial charge in [0, 0.05) is 19.0 Å². The number of hydrogen-bond donors (Lipinski definition) is 1. The number of carbonyl (C=O) groups excluding carboxylic acids is 2. The molecular weight excluding hydrogens is 244 g/mol. The zero-order valence-corrected chi connectivity index (χ0v) is 11.9. The van der Waals surface area contributed by atoms with Gasteiger partial charge in [0.25, 0.3) is 0 Å². The maximum absolute atomic E-state index is 12.4. The van der Waals surface area contributed by atoms with Gasteiger partial charge in [0.05, 0.1) is 12.5 Å². The summed E-state index contributed by atoms with van der Waals surface area (Å²) in [6.45, 7) is 7.40. The number of amides is 1. The van der Waals surface area contributed by atoms with Gasteiger partial charge >= 0.3 is 5.97 Å². The molecule has 0 spiro atoms. The van der Waals surface area contributed by atoms with Gasteiger partial charge in [-0.1, -0.05) is 6.92 Å². The van der Waals surface area contributed by atoms with E-state index in [-0.39, 0.29) is 23.7 Å².